The molecule has 1 heterocycles. The second kappa shape index (κ2) is 5.89. The van der Waals surface area contributed by atoms with Gasteiger partial charge in [0, 0.05) is 23.6 Å². The quantitative estimate of drug-likeness (QED) is 0.741. The number of thiazole rings is 1. The second-order valence-corrected chi connectivity index (χ2v) is 5.79. The Labute approximate surface area is 126 Å². The van der Waals surface area contributed by atoms with Crippen LogP contribution in [0.1, 0.15) is 15.4 Å². The molecule has 0 amide bonds. The summed E-state index contributed by atoms with van der Waals surface area (Å²) in [5.41, 5.74) is 1.23. The van der Waals surface area contributed by atoms with E-state index in [1.807, 2.05) is 12.1 Å². The Morgan fingerprint density at radius 2 is 2.00 bits per heavy atom. The summed E-state index contributed by atoms with van der Waals surface area (Å²) in [5.74, 6) is -0.945. The lowest BCUT2D eigenvalue weighted by molar-refractivity contribution is -0.131. The average Bonchev–Trinajstić information content (AvgIpc) is 2.93. The highest BCUT2D eigenvalue weighted by atomic mass is 32.1. The lowest BCUT2D eigenvalue weighted by atomic mass is 10.0. The predicted molar refractivity (Wildman–Crippen MR) is 85.5 cm³/mol. The number of carboxylic acids is 1. The Bertz CT molecular complexity index is 815. The van der Waals surface area contributed by atoms with Crippen molar-refractivity contribution in [3.8, 4) is 0 Å². The molecule has 3 aromatic rings. The fourth-order valence-electron chi connectivity index (χ4n) is 2.25. The van der Waals surface area contributed by atoms with Crippen LogP contribution in [0.2, 0.25) is 0 Å². The molecule has 2 aromatic carbocycles. The van der Waals surface area contributed by atoms with Crippen molar-refractivity contribution >= 4 is 34.2 Å². The maximum absolute atomic E-state index is 10.5. The van der Waals surface area contributed by atoms with Crippen LogP contribution in [0.3, 0.4) is 0 Å². The maximum Gasteiger partial charge on any atom is 0.328 e. The van der Waals surface area contributed by atoms with Gasteiger partial charge in [-0.25, -0.2) is 9.78 Å². The monoisotopic (exact) mass is 295 g/mol. The van der Waals surface area contributed by atoms with Gasteiger partial charge in [0.2, 0.25) is 0 Å². The average molecular weight is 295 g/mol. The molecule has 0 bridgehead atoms. The lowest BCUT2D eigenvalue weighted by Gasteiger charge is -2.04. The van der Waals surface area contributed by atoms with Crippen molar-refractivity contribution in [2.45, 2.75) is 6.42 Å². The third-order valence-electron chi connectivity index (χ3n) is 3.18. The minimum atomic E-state index is -0.945. The molecule has 0 spiro atoms. The van der Waals surface area contributed by atoms with E-state index in [1.54, 1.807) is 12.3 Å². The van der Waals surface area contributed by atoms with Crippen LogP contribution in [0, 0.1) is 0 Å². The van der Waals surface area contributed by atoms with Gasteiger partial charge in [0.15, 0.2) is 0 Å². The van der Waals surface area contributed by atoms with Crippen LogP contribution in [0.4, 0.5) is 0 Å². The largest absolute Gasteiger partial charge is 0.478 e. The van der Waals surface area contributed by atoms with Gasteiger partial charge < -0.3 is 5.11 Å². The first-order valence-corrected chi connectivity index (χ1v) is 7.36. The van der Waals surface area contributed by atoms with Crippen molar-refractivity contribution in [3.63, 3.8) is 0 Å². The third-order valence-corrected chi connectivity index (χ3v) is 4.15. The van der Waals surface area contributed by atoms with Crippen LogP contribution < -0.4 is 0 Å². The number of aromatic nitrogens is 1. The number of fused-ring (bicyclic) bond motifs is 1. The third kappa shape index (κ3) is 3.17. The van der Waals surface area contributed by atoms with Crippen LogP contribution >= 0.6 is 11.3 Å². The maximum atomic E-state index is 10.5. The zero-order valence-corrected chi connectivity index (χ0v) is 12.0. The first kappa shape index (κ1) is 13.5. The number of hydrogen-bond donors (Lipinski definition) is 1. The number of rotatable bonds is 4. The predicted octanol–water partition coefficient (Wildman–Crippen LogP) is 3.98. The van der Waals surface area contributed by atoms with E-state index in [9.17, 15) is 4.79 Å². The molecule has 0 atom stereocenters. The summed E-state index contributed by atoms with van der Waals surface area (Å²) in [5, 5.41) is 12.1. The summed E-state index contributed by atoms with van der Waals surface area (Å²) in [7, 11) is 0. The normalized spacial score (nSPS) is 11.2. The second-order valence-electron chi connectivity index (χ2n) is 4.64. The van der Waals surface area contributed by atoms with E-state index >= 15 is 0 Å². The van der Waals surface area contributed by atoms with E-state index in [2.05, 4.69) is 35.3 Å². The van der Waals surface area contributed by atoms with Crippen molar-refractivity contribution in [3.05, 3.63) is 70.2 Å². The Morgan fingerprint density at radius 1 is 1.19 bits per heavy atom. The number of nitrogens with zero attached hydrogens (tertiary/aromatic N) is 1. The van der Waals surface area contributed by atoms with Crippen LogP contribution in [-0.4, -0.2) is 16.1 Å². The fourth-order valence-corrected chi connectivity index (χ4v) is 3.09. The van der Waals surface area contributed by atoms with Gasteiger partial charge in [0.25, 0.3) is 0 Å². The molecule has 0 saturated heterocycles. The summed E-state index contributed by atoms with van der Waals surface area (Å²) < 4.78 is 0. The molecule has 21 heavy (non-hydrogen) atoms. The molecule has 0 aliphatic rings. The van der Waals surface area contributed by atoms with Gasteiger partial charge in [-0.05, 0) is 22.4 Å². The standard InChI is InChI=1S/C17H13NO2S/c19-17(20)9-8-14-11-18-16(21-14)10-13-6-3-5-12-4-1-2-7-15(12)13/h1-9,11H,10H2,(H,19,20)/b9-8+. The minimum absolute atomic E-state index is 0.757. The van der Waals surface area contributed by atoms with Gasteiger partial charge in [-0.15, -0.1) is 11.3 Å². The van der Waals surface area contributed by atoms with E-state index in [-0.39, 0.29) is 0 Å². The number of benzene rings is 2. The lowest BCUT2D eigenvalue weighted by Crippen LogP contribution is -1.88. The highest BCUT2D eigenvalue weighted by Crippen LogP contribution is 2.23. The molecule has 3 nitrogen and oxygen atoms in total. The van der Waals surface area contributed by atoms with E-state index in [0.717, 1.165) is 22.4 Å². The molecular formula is C17H13NO2S. The molecule has 104 valence electrons. The molecule has 0 fully saturated rings. The Kier molecular flexibility index (Phi) is 3.79. The molecule has 0 unspecified atom stereocenters. The topological polar surface area (TPSA) is 50.2 Å². The Morgan fingerprint density at radius 3 is 2.86 bits per heavy atom. The highest BCUT2D eigenvalue weighted by Gasteiger charge is 2.05. The number of hydrogen-bond acceptors (Lipinski definition) is 3. The van der Waals surface area contributed by atoms with E-state index in [4.69, 9.17) is 5.11 Å². The van der Waals surface area contributed by atoms with Gasteiger partial charge in [-0.3, -0.25) is 0 Å². The van der Waals surface area contributed by atoms with Crippen molar-refractivity contribution in [1.29, 1.82) is 0 Å². The summed E-state index contributed by atoms with van der Waals surface area (Å²) in [4.78, 5) is 15.7. The Balaban J connectivity index is 1.87. The smallest absolute Gasteiger partial charge is 0.328 e. The molecule has 0 aliphatic heterocycles. The number of aliphatic carboxylic acids is 1. The first-order valence-electron chi connectivity index (χ1n) is 6.55. The van der Waals surface area contributed by atoms with Gasteiger partial charge in [-0.1, -0.05) is 42.5 Å². The van der Waals surface area contributed by atoms with Crippen LogP contribution in [-0.2, 0) is 11.2 Å². The summed E-state index contributed by atoms with van der Waals surface area (Å²) in [6, 6.07) is 14.5. The van der Waals surface area contributed by atoms with Crippen molar-refractivity contribution in [1.82, 2.24) is 4.98 Å². The molecule has 0 aliphatic carbocycles. The van der Waals surface area contributed by atoms with Crippen molar-refractivity contribution in [2.75, 3.05) is 0 Å². The zero-order chi connectivity index (χ0) is 14.7. The van der Waals surface area contributed by atoms with Gasteiger partial charge in [0.1, 0.15) is 0 Å². The van der Waals surface area contributed by atoms with Gasteiger partial charge >= 0.3 is 5.97 Å². The highest BCUT2D eigenvalue weighted by molar-refractivity contribution is 7.12. The van der Waals surface area contributed by atoms with Crippen molar-refractivity contribution in [2.24, 2.45) is 0 Å². The molecule has 0 radical (unpaired) electrons. The number of carbonyl (C=O) groups is 1. The molecule has 1 aromatic heterocycles. The van der Waals surface area contributed by atoms with E-state index in [0.29, 0.717) is 0 Å². The summed E-state index contributed by atoms with van der Waals surface area (Å²) in [6.45, 7) is 0. The molecule has 4 heteroatoms. The van der Waals surface area contributed by atoms with Crippen molar-refractivity contribution < 1.29 is 9.90 Å². The molecule has 3 rings (SSSR count). The summed E-state index contributed by atoms with van der Waals surface area (Å²) in [6.07, 6.45) is 5.18. The molecule has 0 saturated carbocycles. The van der Waals surface area contributed by atoms with E-state index < -0.39 is 5.97 Å². The van der Waals surface area contributed by atoms with Crippen LogP contribution in [0.15, 0.2) is 54.7 Å². The number of carboxylic acid groups (broad SMARTS) is 1. The SMILES string of the molecule is O=C(O)/C=C/c1cnc(Cc2cccc3ccccc23)s1. The Hall–Kier alpha value is -2.46. The van der Waals surface area contributed by atoms with Gasteiger partial charge in [0.05, 0.1) is 5.01 Å². The minimum Gasteiger partial charge on any atom is -0.478 e. The zero-order valence-electron chi connectivity index (χ0n) is 11.2. The fraction of sp³-hybridized carbons (Fsp3) is 0.0588. The van der Waals surface area contributed by atoms with Crippen LogP contribution in [0.5, 0.6) is 0 Å². The molecular weight excluding hydrogens is 282 g/mol. The van der Waals surface area contributed by atoms with Gasteiger partial charge in [-0.2, -0.15) is 0 Å². The van der Waals surface area contributed by atoms with E-state index in [1.165, 1.54) is 27.7 Å². The summed E-state index contributed by atoms with van der Waals surface area (Å²) >= 11 is 1.52. The first-order chi connectivity index (χ1) is 10.2. The van der Waals surface area contributed by atoms with Crippen LogP contribution in [0.25, 0.3) is 16.8 Å². The molecule has 1 N–H and O–H groups in total.